The van der Waals surface area contributed by atoms with Gasteiger partial charge in [-0.25, -0.2) is 4.98 Å². The quantitative estimate of drug-likeness (QED) is 0.395. The van der Waals surface area contributed by atoms with Crippen LogP contribution in [0.3, 0.4) is 0 Å². The first kappa shape index (κ1) is 18.2. The monoisotopic (exact) mass is 414 g/mol. The molecular formula is C24H18N2OS2. The second kappa shape index (κ2) is 7.85. The van der Waals surface area contributed by atoms with Crippen LogP contribution in [0.1, 0.15) is 10.9 Å². The van der Waals surface area contributed by atoms with Crippen molar-refractivity contribution in [2.45, 2.75) is 5.37 Å². The number of hydrogen-bond donors (Lipinski definition) is 0. The Morgan fingerprint density at radius 2 is 1.38 bits per heavy atom. The van der Waals surface area contributed by atoms with E-state index in [4.69, 9.17) is 4.98 Å². The lowest BCUT2D eigenvalue weighted by Crippen LogP contribution is -2.27. The van der Waals surface area contributed by atoms with Crippen LogP contribution in [0.2, 0.25) is 0 Å². The first-order valence-corrected chi connectivity index (χ1v) is 11.3. The molecule has 1 amide bonds. The van der Waals surface area contributed by atoms with Crippen LogP contribution in [0.4, 0.5) is 5.13 Å². The maximum Gasteiger partial charge on any atom is 0.240 e. The van der Waals surface area contributed by atoms with Crippen molar-refractivity contribution in [3.8, 4) is 21.7 Å². The van der Waals surface area contributed by atoms with Crippen molar-refractivity contribution in [1.82, 2.24) is 4.98 Å². The molecule has 5 rings (SSSR count). The summed E-state index contributed by atoms with van der Waals surface area (Å²) in [5.74, 6) is 0.581. The molecule has 4 aromatic rings. The molecule has 2 heterocycles. The highest BCUT2D eigenvalue weighted by molar-refractivity contribution is 8.00. The molecule has 1 aliphatic rings. The SMILES string of the molecule is O=C1CS[C@H](c2ccccc2)N1c1nc(-c2ccccc2)c(-c2ccccc2)s1. The maximum atomic E-state index is 12.8. The van der Waals surface area contributed by atoms with Gasteiger partial charge in [0.25, 0.3) is 0 Å². The van der Waals surface area contributed by atoms with Crippen molar-refractivity contribution in [2.75, 3.05) is 10.7 Å². The number of nitrogens with zero attached hydrogens (tertiary/aromatic N) is 2. The zero-order chi connectivity index (χ0) is 19.6. The Balaban J connectivity index is 1.64. The van der Waals surface area contributed by atoms with Crippen molar-refractivity contribution in [2.24, 2.45) is 0 Å². The summed E-state index contributed by atoms with van der Waals surface area (Å²) in [5, 5.41) is 0.716. The van der Waals surface area contributed by atoms with Crippen molar-refractivity contribution < 1.29 is 4.79 Å². The highest BCUT2D eigenvalue weighted by Gasteiger charge is 2.36. The third-order valence-corrected chi connectivity index (χ3v) is 7.17. The van der Waals surface area contributed by atoms with Gasteiger partial charge in [0.2, 0.25) is 5.91 Å². The van der Waals surface area contributed by atoms with Gasteiger partial charge in [0, 0.05) is 5.56 Å². The Morgan fingerprint density at radius 1 is 0.793 bits per heavy atom. The molecule has 3 nitrogen and oxygen atoms in total. The number of carbonyl (C=O) groups is 1. The molecule has 0 unspecified atom stereocenters. The molecule has 1 atom stereocenters. The van der Waals surface area contributed by atoms with Gasteiger partial charge < -0.3 is 0 Å². The first-order valence-electron chi connectivity index (χ1n) is 9.41. The van der Waals surface area contributed by atoms with E-state index in [0.717, 1.165) is 32.4 Å². The average Bonchev–Trinajstić information content (AvgIpc) is 3.39. The van der Waals surface area contributed by atoms with Crippen molar-refractivity contribution in [1.29, 1.82) is 0 Å². The van der Waals surface area contributed by atoms with Gasteiger partial charge in [-0.05, 0) is 11.1 Å². The lowest BCUT2D eigenvalue weighted by atomic mass is 10.1. The van der Waals surface area contributed by atoms with Crippen molar-refractivity contribution >= 4 is 34.1 Å². The third kappa shape index (κ3) is 3.48. The fourth-order valence-electron chi connectivity index (χ4n) is 3.48. The van der Waals surface area contributed by atoms with Gasteiger partial charge in [-0.15, -0.1) is 11.8 Å². The Bertz CT molecular complexity index is 1070. The van der Waals surface area contributed by atoms with E-state index in [0.29, 0.717) is 5.75 Å². The van der Waals surface area contributed by atoms with E-state index in [1.54, 1.807) is 23.1 Å². The summed E-state index contributed by atoms with van der Waals surface area (Å²) in [6.07, 6.45) is 0. The topological polar surface area (TPSA) is 33.2 Å². The van der Waals surface area contributed by atoms with Crippen molar-refractivity contribution in [3.63, 3.8) is 0 Å². The summed E-state index contributed by atoms with van der Waals surface area (Å²) >= 11 is 3.24. The molecule has 0 aliphatic carbocycles. The molecular weight excluding hydrogens is 396 g/mol. The summed E-state index contributed by atoms with van der Waals surface area (Å²) in [7, 11) is 0. The number of thioether (sulfide) groups is 1. The Labute approximate surface area is 178 Å². The molecule has 0 saturated carbocycles. The van der Waals surface area contributed by atoms with Crippen LogP contribution in [0.25, 0.3) is 21.7 Å². The van der Waals surface area contributed by atoms with Crippen LogP contribution in [-0.2, 0) is 4.79 Å². The number of hydrogen-bond acceptors (Lipinski definition) is 4. The summed E-state index contributed by atoms with van der Waals surface area (Å²) in [5.41, 5.74) is 4.23. The number of amides is 1. The highest BCUT2D eigenvalue weighted by atomic mass is 32.2. The van der Waals surface area contributed by atoms with Crippen molar-refractivity contribution in [3.05, 3.63) is 96.6 Å². The number of thiazole rings is 1. The Morgan fingerprint density at radius 3 is 2.03 bits per heavy atom. The molecule has 142 valence electrons. The van der Waals surface area contributed by atoms with Gasteiger partial charge in [-0.2, -0.15) is 0 Å². The summed E-state index contributed by atoms with van der Waals surface area (Å²) in [4.78, 5) is 20.8. The predicted octanol–water partition coefficient (Wildman–Crippen LogP) is 6.26. The van der Waals surface area contributed by atoms with E-state index < -0.39 is 0 Å². The zero-order valence-corrected chi connectivity index (χ0v) is 17.2. The van der Waals surface area contributed by atoms with E-state index in [2.05, 4.69) is 36.4 Å². The minimum Gasteiger partial charge on any atom is -0.273 e. The van der Waals surface area contributed by atoms with Gasteiger partial charge in [0.05, 0.1) is 16.3 Å². The van der Waals surface area contributed by atoms with E-state index >= 15 is 0 Å². The lowest BCUT2D eigenvalue weighted by Gasteiger charge is -2.21. The molecule has 1 aliphatic heterocycles. The number of anilines is 1. The van der Waals surface area contributed by atoms with Crippen LogP contribution >= 0.6 is 23.1 Å². The molecule has 3 aromatic carbocycles. The second-order valence-corrected chi connectivity index (χ2v) is 8.79. The van der Waals surface area contributed by atoms with Crippen LogP contribution in [0.15, 0.2) is 91.0 Å². The van der Waals surface area contributed by atoms with Crippen LogP contribution in [0.5, 0.6) is 0 Å². The third-order valence-electron chi connectivity index (χ3n) is 4.86. The minimum absolute atomic E-state index is 0.0397. The standard InChI is InChI=1S/C24H18N2OS2/c27-20-16-28-23(19-14-8-3-9-15-19)26(20)24-25-21(17-10-4-1-5-11-17)22(29-24)18-12-6-2-7-13-18/h1-15,23H,16H2/t23-/m1/s1. The van der Waals surface area contributed by atoms with Gasteiger partial charge >= 0.3 is 0 Å². The van der Waals surface area contributed by atoms with Gasteiger partial charge in [-0.3, -0.25) is 9.69 Å². The van der Waals surface area contributed by atoms with Gasteiger partial charge in [-0.1, -0.05) is 102 Å². The lowest BCUT2D eigenvalue weighted by molar-refractivity contribution is -0.115. The molecule has 1 aromatic heterocycles. The van der Waals surface area contributed by atoms with Crippen LogP contribution < -0.4 is 4.90 Å². The van der Waals surface area contributed by atoms with Gasteiger partial charge in [0.1, 0.15) is 5.37 Å². The summed E-state index contributed by atoms with van der Waals surface area (Å²) in [6.45, 7) is 0. The maximum absolute atomic E-state index is 12.8. The molecule has 0 spiro atoms. The summed E-state index contributed by atoms with van der Waals surface area (Å²) < 4.78 is 0. The predicted molar refractivity (Wildman–Crippen MR) is 122 cm³/mol. The first-order chi connectivity index (χ1) is 14.3. The molecule has 29 heavy (non-hydrogen) atoms. The smallest absolute Gasteiger partial charge is 0.240 e. The fourth-order valence-corrected chi connectivity index (χ4v) is 5.85. The average molecular weight is 415 g/mol. The Kier molecular flexibility index (Phi) is 4.92. The minimum atomic E-state index is -0.0397. The number of aromatic nitrogens is 1. The number of rotatable bonds is 4. The summed E-state index contributed by atoms with van der Waals surface area (Å²) in [6, 6.07) is 30.6. The molecule has 1 fully saturated rings. The highest BCUT2D eigenvalue weighted by Crippen LogP contribution is 2.47. The van der Waals surface area contributed by atoms with Gasteiger partial charge in [0.15, 0.2) is 5.13 Å². The van der Waals surface area contributed by atoms with E-state index in [1.165, 1.54) is 0 Å². The molecule has 5 heteroatoms. The zero-order valence-electron chi connectivity index (χ0n) is 15.6. The second-order valence-electron chi connectivity index (χ2n) is 6.74. The number of carbonyl (C=O) groups excluding carboxylic acids is 1. The van der Waals surface area contributed by atoms with Crippen LogP contribution in [0, 0.1) is 0 Å². The van der Waals surface area contributed by atoms with E-state index in [-0.39, 0.29) is 11.3 Å². The molecule has 1 saturated heterocycles. The normalized spacial score (nSPS) is 16.3. The fraction of sp³-hybridized carbons (Fsp3) is 0.0833. The van der Waals surface area contributed by atoms with E-state index in [1.807, 2.05) is 59.5 Å². The molecule has 0 radical (unpaired) electrons. The number of benzene rings is 3. The largest absolute Gasteiger partial charge is 0.273 e. The molecule has 0 N–H and O–H groups in total. The van der Waals surface area contributed by atoms with E-state index in [9.17, 15) is 4.79 Å². The van der Waals surface area contributed by atoms with Crippen LogP contribution in [-0.4, -0.2) is 16.6 Å². The molecule has 0 bridgehead atoms. The Hall–Kier alpha value is -2.89.